The first-order valence-electron chi connectivity index (χ1n) is 24.7. The van der Waals surface area contributed by atoms with Gasteiger partial charge in [0.25, 0.3) is 0 Å². The van der Waals surface area contributed by atoms with Crippen LogP contribution in [-0.2, 0) is 28.6 Å². The Labute approximate surface area is 385 Å². The number of carbonyl (C=O) groups is 3. The molecule has 0 spiro atoms. The minimum atomic E-state index is -0.845. The summed E-state index contributed by atoms with van der Waals surface area (Å²) in [6.07, 6.45) is 70.3. The molecule has 0 rings (SSSR count). The van der Waals surface area contributed by atoms with Crippen LogP contribution >= 0.6 is 0 Å². The third-order valence-corrected chi connectivity index (χ3v) is 9.71. The molecule has 0 fully saturated rings. The Bertz CT molecular complexity index is 1420. The Kier molecular flexibility index (Phi) is 46.7. The van der Waals surface area contributed by atoms with Gasteiger partial charge in [0.15, 0.2) is 6.10 Å². The van der Waals surface area contributed by atoms with E-state index in [0.29, 0.717) is 12.8 Å². The van der Waals surface area contributed by atoms with Gasteiger partial charge in [0.1, 0.15) is 13.2 Å². The van der Waals surface area contributed by atoms with Crippen LogP contribution in [0.5, 0.6) is 0 Å². The second-order valence-corrected chi connectivity index (χ2v) is 15.7. The van der Waals surface area contributed by atoms with E-state index >= 15 is 0 Å². The first-order chi connectivity index (χ1) is 31.0. The van der Waals surface area contributed by atoms with Gasteiger partial charge in [-0.3, -0.25) is 14.4 Å². The average Bonchev–Trinajstić information content (AvgIpc) is 3.28. The lowest BCUT2D eigenvalue weighted by molar-refractivity contribution is -0.166. The third kappa shape index (κ3) is 48.4. The van der Waals surface area contributed by atoms with Gasteiger partial charge in [0.05, 0.1) is 0 Å². The van der Waals surface area contributed by atoms with Crippen LogP contribution in [0, 0.1) is 0 Å². The Morgan fingerprint density at radius 2 is 0.730 bits per heavy atom. The number of ether oxygens (including phenoxy) is 3. The highest BCUT2D eigenvalue weighted by Gasteiger charge is 2.19. The van der Waals surface area contributed by atoms with Gasteiger partial charge < -0.3 is 14.2 Å². The fourth-order valence-corrected chi connectivity index (χ4v) is 6.05. The summed E-state index contributed by atoms with van der Waals surface area (Å²) in [5.41, 5.74) is 0. The Morgan fingerprint density at radius 3 is 1.21 bits per heavy atom. The van der Waals surface area contributed by atoms with E-state index in [2.05, 4.69) is 130 Å². The number of esters is 3. The van der Waals surface area contributed by atoms with Crippen LogP contribution in [0.2, 0.25) is 0 Å². The summed E-state index contributed by atoms with van der Waals surface area (Å²) in [6.45, 7) is 6.21. The summed E-state index contributed by atoms with van der Waals surface area (Å²) in [6, 6.07) is 0. The molecule has 0 aromatic carbocycles. The second-order valence-electron chi connectivity index (χ2n) is 15.7. The first-order valence-corrected chi connectivity index (χ1v) is 24.7. The molecule has 6 heteroatoms. The van der Waals surface area contributed by atoms with E-state index in [9.17, 15) is 14.4 Å². The quantitative estimate of drug-likeness (QED) is 0.0200. The van der Waals surface area contributed by atoms with Crippen molar-refractivity contribution >= 4 is 17.9 Å². The van der Waals surface area contributed by atoms with Crippen molar-refractivity contribution in [2.45, 2.75) is 194 Å². The Hall–Kier alpha value is -4.45. The molecule has 6 nitrogen and oxygen atoms in total. The molecule has 0 aliphatic rings. The van der Waals surface area contributed by atoms with Crippen molar-refractivity contribution in [2.24, 2.45) is 0 Å². The molecule has 1 atom stereocenters. The lowest BCUT2D eigenvalue weighted by atomic mass is 10.1. The Balaban J connectivity index is 4.61. The van der Waals surface area contributed by atoms with E-state index in [1.54, 1.807) is 0 Å². The van der Waals surface area contributed by atoms with Gasteiger partial charge in [-0.2, -0.15) is 0 Å². The zero-order valence-corrected chi connectivity index (χ0v) is 40.0. The number of hydrogen-bond acceptors (Lipinski definition) is 6. The summed E-state index contributed by atoms with van der Waals surface area (Å²) in [7, 11) is 0. The molecule has 0 aliphatic carbocycles. The second kappa shape index (κ2) is 50.2. The lowest BCUT2D eigenvalue weighted by Gasteiger charge is -2.18. The molecule has 0 saturated heterocycles. The van der Waals surface area contributed by atoms with Crippen LogP contribution in [-0.4, -0.2) is 37.2 Å². The predicted molar refractivity (Wildman–Crippen MR) is 269 cm³/mol. The first kappa shape index (κ1) is 58.6. The maximum absolute atomic E-state index is 12.8. The SMILES string of the molecule is CC\C=C/C=C\C=C/CCCCCCCC(=O)OC(COC(=O)CC/C=C\C/C=C\C/C=C\C/C=C\C/C=C\C/C=C\CC)COC(=O)CC/C=C\C/C=C\CCCCCCCC. The van der Waals surface area contributed by atoms with Crippen molar-refractivity contribution in [2.75, 3.05) is 13.2 Å². The van der Waals surface area contributed by atoms with E-state index in [4.69, 9.17) is 14.2 Å². The highest BCUT2D eigenvalue weighted by atomic mass is 16.6. The van der Waals surface area contributed by atoms with Crippen LogP contribution < -0.4 is 0 Å². The summed E-state index contributed by atoms with van der Waals surface area (Å²) in [5.74, 6) is -1.13. The van der Waals surface area contributed by atoms with Crippen molar-refractivity contribution in [3.63, 3.8) is 0 Å². The molecule has 0 aromatic rings. The molecule has 1 unspecified atom stereocenters. The number of unbranched alkanes of at least 4 members (excludes halogenated alkanes) is 11. The van der Waals surface area contributed by atoms with E-state index in [0.717, 1.165) is 96.3 Å². The topological polar surface area (TPSA) is 78.9 Å². The smallest absolute Gasteiger partial charge is 0.306 e. The molecule has 0 amide bonds. The van der Waals surface area contributed by atoms with Crippen LogP contribution in [0.4, 0.5) is 0 Å². The highest BCUT2D eigenvalue weighted by molar-refractivity contribution is 5.71. The van der Waals surface area contributed by atoms with Crippen LogP contribution in [0.15, 0.2) is 134 Å². The van der Waals surface area contributed by atoms with Crippen LogP contribution in [0.25, 0.3) is 0 Å². The molecule has 0 bridgehead atoms. The third-order valence-electron chi connectivity index (χ3n) is 9.71. The van der Waals surface area contributed by atoms with Crippen molar-refractivity contribution in [3.8, 4) is 0 Å². The average molecular weight is 869 g/mol. The largest absolute Gasteiger partial charge is 0.462 e. The minimum absolute atomic E-state index is 0.145. The molecule has 0 N–H and O–H groups in total. The van der Waals surface area contributed by atoms with Crippen molar-refractivity contribution in [3.05, 3.63) is 134 Å². The van der Waals surface area contributed by atoms with Gasteiger partial charge in [0.2, 0.25) is 0 Å². The molecule has 0 heterocycles. The molecule has 63 heavy (non-hydrogen) atoms. The maximum atomic E-state index is 12.8. The monoisotopic (exact) mass is 869 g/mol. The maximum Gasteiger partial charge on any atom is 0.306 e. The molecule has 0 aliphatic heterocycles. The van der Waals surface area contributed by atoms with Crippen LogP contribution in [0.1, 0.15) is 188 Å². The van der Waals surface area contributed by atoms with E-state index < -0.39 is 6.10 Å². The zero-order valence-electron chi connectivity index (χ0n) is 40.0. The number of rotatable bonds is 42. The summed E-state index contributed by atoms with van der Waals surface area (Å²) >= 11 is 0. The molecule has 352 valence electrons. The van der Waals surface area contributed by atoms with Gasteiger partial charge >= 0.3 is 17.9 Å². The van der Waals surface area contributed by atoms with Crippen molar-refractivity contribution < 1.29 is 28.6 Å². The van der Waals surface area contributed by atoms with E-state index in [1.165, 1.54) is 38.5 Å². The van der Waals surface area contributed by atoms with Gasteiger partial charge in [-0.15, -0.1) is 0 Å². The highest BCUT2D eigenvalue weighted by Crippen LogP contribution is 2.11. The molecule has 0 aromatic heterocycles. The number of hydrogen-bond donors (Lipinski definition) is 0. The molecule has 0 radical (unpaired) electrons. The molecular weight excluding hydrogens is 781 g/mol. The fraction of sp³-hybridized carbons (Fsp3) is 0.561. The van der Waals surface area contributed by atoms with E-state index in [-0.39, 0.29) is 50.4 Å². The fourth-order valence-electron chi connectivity index (χ4n) is 6.05. The minimum Gasteiger partial charge on any atom is -0.462 e. The van der Waals surface area contributed by atoms with Crippen LogP contribution in [0.3, 0.4) is 0 Å². The number of carbonyl (C=O) groups excluding carboxylic acids is 3. The van der Waals surface area contributed by atoms with Gasteiger partial charge in [-0.05, 0) is 96.3 Å². The number of allylic oxidation sites excluding steroid dienone is 22. The van der Waals surface area contributed by atoms with Gasteiger partial charge in [-0.1, -0.05) is 206 Å². The summed E-state index contributed by atoms with van der Waals surface area (Å²) in [5, 5.41) is 0. The zero-order chi connectivity index (χ0) is 45.8. The normalized spacial score (nSPS) is 13.3. The standard InChI is InChI=1S/C57H88O6/c1-4-7-10-13-16-19-22-25-26-27-28-29-30-33-35-38-41-44-47-50-56(59)62-53-54(63-57(60)51-48-45-42-39-36-32-24-21-18-15-12-9-6-3)52-61-55(58)49-46-43-40-37-34-31-23-20-17-14-11-8-5-2/h7,9-10,12,15-16,18-19,21,24-26,28-29,31,33-35,40-41,43-44,54H,4-6,8,11,13-14,17,20,22-23,27,30,32,36-39,42,45-53H2,1-3H3/b10-7-,12-9-,18-15-,19-16-,24-21-,26-25-,29-28-,34-31-,35-33-,43-40-,44-41-. The van der Waals surface area contributed by atoms with Crippen molar-refractivity contribution in [1.29, 1.82) is 0 Å². The van der Waals surface area contributed by atoms with Crippen molar-refractivity contribution in [1.82, 2.24) is 0 Å². The Morgan fingerprint density at radius 1 is 0.349 bits per heavy atom. The molecular formula is C57H88O6. The summed E-state index contributed by atoms with van der Waals surface area (Å²) in [4.78, 5) is 37.8. The van der Waals surface area contributed by atoms with Gasteiger partial charge in [-0.25, -0.2) is 0 Å². The lowest BCUT2D eigenvalue weighted by Crippen LogP contribution is -2.30. The van der Waals surface area contributed by atoms with Gasteiger partial charge in [0, 0.05) is 19.3 Å². The summed E-state index contributed by atoms with van der Waals surface area (Å²) < 4.78 is 16.6. The van der Waals surface area contributed by atoms with E-state index in [1.807, 2.05) is 24.3 Å². The predicted octanol–water partition coefficient (Wildman–Crippen LogP) is 16.3. The molecule has 0 saturated carbocycles.